The number of ketones is 1. The van der Waals surface area contributed by atoms with E-state index in [0.29, 0.717) is 12.8 Å². The van der Waals surface area contributed by atoms with E-state index in [1.165, 1.54) is 18.2 Å². The van der Waals surface area contributed by atoms with Gasteiger partial charge in [-0.1, -0.05) is 25.4 Å². The van der Waals surface area contributed by atoms with Gasteiger partial charge in [0, 0.05) is 6.42 Å². The maximum absolute atomic E-state index is 12.7. The summed E-state index contributed by atoms with van der Waals surface area (Å²) in [5.74, 6) is -0.322. The van der Waals surface area contributed by atoms with Crippen molar-refractivity contribution in [2.75, 3.05) is 10.5 Å². The molecule has 0 saturated heterocycles. The Labute approximate surface area is 156 Å². The molecular weight excluding hydrogens is 388 g/mol. The van der Waals surface area contributed by atoms with E-state index in [1.54, 1.807) is 0 Å². The number of halogens is 3. The summed E-state index contributed by atoms with van der Waals surface area (Å²) in [6, 6.07) is 3.66. The number of ether oxygens (including phenoxy) is 1. The van der Waals surface area contributed by atoms with Gasteiger partial charge in [-0.2, -0.15) is 8.78 Å². The van der Waals surface area contributed by atoms with Crippen molar-refractivity contribution in [2.24, 2.45) is 16.7 Å². The molecular formula is C17H20ClF2NO4S. The van der Waals surface area contributed by atoms with Gasteiger partial charge in [-0.15, -0.1) is 0 Å². The lowest BCUT2D eigenvalue weighted by Gasteiger charge is -2.36. The van der Waals surface area contributed by atoms with Gasteiger partial charge in [-0.3, -0.25) is 9.52 Å². The number of anilines is 1. The normalized spacial score (nSPS) is 27.2. The highest BCUT2D eigenvalue weighted by molar-refractivity contribution is 7.92. The third-order valence-electron chi connectivity index (χ3n) is 6.00. The van der Waals surface area contributed by atoms with Crippen LogP contribution < -0.4 is 9.46 Å². The minimum atomic E-state index is -3.84. The van der Waals surface area contributed by atoms with Crippen molar-refractivity contribution in [1.29, 1.82) is 0 Å². The average molecular weight is 408 g/mol. The lowest BCUT2D eigenvalue weighted by Crippen LogP contribution is -2.43. The minimum absolute atomic E-state index is 0.00263. The number of sulfonamides is 1. The third-order valence-corrected chi connectivity index (χ3v) is 7.71. The highest BCUT2D eigenvalue weighted by Gasteiger charge is 2.65. The van der Waals surface area contributed by atoms with E-state index in [4.69, 9.17) is 11.6 Å². The fourth-order valence-electron chi connectivity index (χ4n) is 4.40. The van der Waals surface area contributed by atoms with Gasteiger partial charge in [0.25, 0.3) is 0 Å². The van der Waals surface area contributed by atoms with Crippen LogP contribution in [0.2, 0.25) is 5.02 Å². The Hall–Kier alpha value is -1.41. The van der Waals surface area contributed by atoms with Crippen LogP contribution in [0.5, 0.6) is 5.75 Å². The summed E-state index contributed by atoms with van der Waals surface area (Å²) in [4.78, 5) is 12.5. The van der Waals surface area contributed by atoms with E-state index in [2.05, 4.69) is 9.46 Å². The molecule has 144 valence electrons. The molecule has 0 aliphatic heterocycles. The quantitative estimate of drug-likeness (QED) is 0.771. The van der Waals surface area contributed by atoms with Gasteiger partial charge in [0.15, 0.2) is 0 Å². The Kier molecular flexibility index (Phi) is 4.72. The zero-order valence-electron chi connectivity index (χ0n) is 14.4. The molecule has 5 nitrogen and oxygen atoms in total. The van der Waals surface area contributed by atoms with E-state index >= 15 is 0 Å². The molecule has 2 fully saturated rings. The van der Waals surface area contributed by atoms with Crippen LogP contribution in [0.1, 0.15) is 33.1 Å². The lowest BCUT2D eigenvalue weighted by molar-refractivity contribution is -0.128. The number of hydrogen-bond acceptors (Lipinski definition) is 4. The number of nitrogens with one attached hydrogen (secondary N) is 1. The second-order valence-electron chi connectivity index (χ2n) is 7.55. The summed E-state index contributed by atoms with van der Waals surface area (Å²) in [6.45, 7) is 0.886. The number of carbonyl (C=O) groups excluding carboxylic acids is 1. The molecule has 2 aliphatic carbocycles. The molecule has 2 saturated carbocycles. The molecule has 0 amide bonds. The Morgan fingerprint density at radius 1 is 1.38 bits per heavy atom. The first-order valence-corrected chi connectivity index (χ1v) is 10.3. The van der Waals surface area contributed by atoms with E-state index in [9.17, 15) is 22.0 Å². The zero-order chi connectivity index (χ0) is 19.3. The largest absolute Gasteiger partial charge is 0.433 e. The predicted octanol–water partition coefficient (Wildman–Crippen LogP) is 4.08. The number of fused-ring (bicyclic) bond motifs is 2. The molecule has 0 spiro atoms. The maximum atomic E-state index is 12.7. The first kappa shape index (κ1) is 19.4. The summed E-state index contributed by atoms with van der Waals surface area (Å²) in [6.07, 6.45) is 1.83. The molecule has 1 aromatic carbocycles. The fourth-order valence-corrected chi connectivity index (χ4v) is 6.51. The molecule has 2 atom stereocenters. The van der Waals surface area contributed by atoms with Crippen LogP contribution in [0.3, 0.4) is 0 Å². The predicted molar refractivity (Wildman–Crippen MR) is 94.1 cm³/mol. The lowest BCUT2D eigenvalue weighted by atomic mass is 9.70. The summed E-state index contributed by atoms with van der Waals surface area (Å²) in [5.41, 5.74) is -1.12. The van der Waals surface area contributed by atoms with Crippen LogP contribution in [0, 0.1) is 16.7 Å². The van der Waals surface area contributed by atoms with Crippen molar-refractivity contribution in [3.8, 4) is 5.75 Å². The molecule has 0 radical (unpaired) electrons. The van der Waals surface area contributed by atoms with Crippen molar-refractivity contribution in [3.63, 3.8) is 0 Å². The number of rotatable bonds is 6. The molecule has 0 aromatic heterocycles. The smallest absolute Gasteiger partial charge is 0.387 e. The number of Topliss-reactive ketones (excluding diaryl/α,β-unsaturated/α-hetero) is 1. The van der Waals surface area contributed by atoms with Gasteiger partial charge < -0.3 is 4.74 Å². The number of benzene rings is 1. The van der Waals surface area contributed by atoms with Gasteiger partial charge >= 0.3 is 6.61 Å². The highest BCUT2D eigenvalue weighted by atomic mass is 35.5. The molecule has 2 unspecified atom stereocenters. The Morgan fingerprint density at radius 2 is 2.08 bits per heavy atom. The van der Waals surface area contributed by atoms with E-state index in [-0.39, 0.29) is 39.3 Å². The summed E-state index contributed by atoms with van der Waals surface area (Å²) < 4.78 is 56.5. The highest BCUT2D eigenvalue weighted by Crippen LogP contribution is 2.64. The zero-order valence-corrected chi connectivity index (χ0v) is 16.0. The Bertz CT molecular complexity index is 843. The SMILES string of the molecule is CC1(C)C2CCC1(CS(=O)(=O)Nc1ccc(OC(F)F)c(Cl)c1)C(=O)C2. The van der Waals surface area contributed by atoms with Crippen LogP contribution in [-0.2, 0) is 14.8 Å². The summed E-state index contributed by atoms with van der Waals surface area (Å²) >= 11 is 5.86. The number of hydrogen-bond donors (Lipinski definition) is 1. The molecule has 3 rings (SSSR count). The molecule has 9 heteroatoms. The second-order valence-corrected chi connectivity index (χ2v) is 9.68. The van der Waals surface area contributed by atoms with Gasteiger partial charge in [0.1, 0.15) is 11.5 Å². The van der Waals surface area contributed by atoms with Crippen LogP contribution in [0.4, 0.5) is 14.5 Å². The van der Waals surface area contributed by atoms with Crippen LogP contribution in [0.15, 0.2) is 18.2 Å². The molecule has 2 bridgehead atoms. The third kappa shape index (κ3) is 3.17. The Balaban J connectivity index is 1.80. The van der Waals surface area contributed by atoms with Gasteiger partial charge in [0.05, 0.1) is 21.9 Å². The van der Waals surface area contributed by atoms with Crippen LogP contribution in [-0.4, -0.2) is 26.6 Å². The van der Waals surface area contributed by atoms with Crippen LogP contribution in [0.25, 0.3) is 0 Å². The van der Waals surface area contributed by atoms with Crippen molar-refractivity contribution in [1.82, 2.24) is 0 Å². The molecule has 1 N–H and O–H groups in total. The summed E-state index contributed by atoms with van der Waals surface area (Å²) in [7, 11) is -3.84. The first-order valence-electron chi connectivity index (χ1n) is 8.25. The number of alkyl halides is 2. The van der Waals surface area contributed by atoms with Gasteiger partial charge in [-0.25, -0.2) is 8.42 Å². The second kappa shape index (κ2) is 6.34. The minimum Gasteiger partial charge on any atom is -0.433 e. The van der Waals surface area contributed by atoms with Crippen molar-refractivity contribution < 1.29 is 26.7 Å². The number of carbonyl (C=O) groups is 1. The van der Waals surface area contributed by atoms with Crippen molar-refractivity contribution in [3.05, 3.63) is 23.2 Å². The standard InChI is InChI=1S/C17H20ClF2NO4S/c1-16(2)10-5-6-17(16,14(22)7-10)9-26(23,24)21-11-3-4-13(12(18)8-11)25-15(19)20/h3-4,8,10,15,21H,5-7,9H2,1-2H3. The molecule has 0 heterocycles. The van der Waals surface area contributed by atoms with Crippen molar-refractivity contribution in [2.45, 2.75) is 39.7 Å². The summed E-state index contributed by atoms with van der Waals surface area (Å²) in [5, 5.41) is -0.137. The van der Waals surface area contributed by atoms with Gasteiger partial charge in [0.2, 0.25) is 10.0 Å². The van der Waals surface area contributed by atoms with Crippen molar-refractivity contribution >= 4 is 33.1 Å². The first-order chi connectivity index (χ1) is 12.0. The fraction of sp³-hybridized carbons (Fsp3) is 0.588. The monoisotopic (exact) mass is 407 g/mol. The van der Waals surface area contributed by atoms with E-state index in [0.717, 1.165) is 6.42 Å². The Morgan fingerprint density at radius 3 is 2.58 bits per heavy atom. The van der Waals surface area contributed by atoms with E-state index in [1.807, 2.05) is 13.8 Å². The van der Waals surface area contributed by atoms with E-state index < -0.39 is 22.0 Å². The topological polar surface area (TPSA) is 72.5 Å². The molecule has 2 aliphatic rings. The van der Waals surface area contributed by atoms with Gasteiger partial charge in [-0.05, 0) is 42.4 Å². The van der Waals surface area contributed by atoms with Crippen LogP contribution >= 0.6 is 11.6 Å². The maximum Gasteiger partial charge on any atom is 0.387 e. The molecule has 26 heavy (non-hydrogen) atoms. The molecule has 1 aromatic rings. The average Bonchev–Trinajstić information content (AvgIpc) is 2.83.